The fourth-order valence-corrected chi connectivity index (χ4v) is 3.88. The van der Waals surface area contributed by atoms with Crippen LogP contribution >= 0.6 is 0 Å². The van der Waals surface area contributed by atoms with Crippen molar-refractivity contribution in [1.82, 2.24) is 0 Å². The minimum atomic E-state index is -0.531. The van der Waals surface area contributed by atoms with E-state index < -0.39 is 6.04 Å². The number of nitrogens with two attached hydrogens (primary N) is 1. The molecule has 1 aliphatic heterocycles. The first-order valence-corrected chi connectivity index (χ1v) is 10.7. The van der Waals surface area contributed by atoms with E-state index in [4.69, 9.17) is 5.73 Å². The second-order valence-corrected chi connectivity index (χ2v) is 8.29. The normalized spacial score (nSPS) is 19.2. The Bertz CT molecular complexity index is 894. The summed E-state index contributed by atoms with van der Waals surface area (Å²) < 4.78 is 0. The highest BCUT2D eigenvalue weighted by Crippen LogP contribution is 2.39. The lowest BCUT2D eigenvalue weighted by molar-refractivity contribution is -0.119. The third kappa shape index (κ3) is 4.65. The number of hydrogen-bond acceptors (Lipinski definition) is 4. The van der Waals surface area contributed by atoms with Crippen LogP contribution in [0.15, 0.2) is 48.5 Å². The molecule has 160 valence electrons. The van der Waals surface area contributed by atoms with Crippen LogP contribution in [0, 0.1) is 5.92 Å². The number of hydrogen-bond donors (Lipinski definition) is 3. The molecule has 3 atom stereocenters. The predicted molar refractivity (Wildman–Crippen MR) is 123 cm³/mol. The number of anilines is 3. The van der Waals surface area contributed by atoms with Crippen molar-refractivity contribution in [3.8, 4) is 0 Å². The summed E-state index contributed by atoms with van der Waals surface area (Å²) in [6.45, 7) is 7.84. The first kappa shape index (κ1) is 21.8. The van der Waals surface area contributed by atoms with Crippen molar-refractivity contribution >= 4 is 28.9 Å². The number of nitrogens with one attached hydrogen (secondary N) is 2. The highest BCUT2D eigenvalue weighted by atomic mass is 16.2. The third-order valence-electron chi connectivity index (χ3n) is 5.67. The molecule has 0 aliphatic carbocycles. The fraction of sp³-hybridized carbons (Fsp3) is 0.417. The van der Waals surface area contributed by atoms with Crippen LogP contribution < -0.4 is 21.3 Å². The molecule has 6 nitrogen and oxygen atoms in total. The summed E-state index contributed by atoms with van der Waals surface area (Å²) in [6.07, 6.45) is 1.31. The van der Waals surface area contributed by atoms with Crippen molar-refractivity contribution in [2.24, 2.45) is 11.7 Å². The lowest BCUT2D eigenvalue weighted by Crippen LogP contribution is -2.44. The van der Waals surface area contributed by atoms with E-state index in [0.717, 1.165) is 29.0 Å². The third-order valence-corrected chi connectivity index (χ3v) is 5.67. The van der Waals surface area contributed by atoms with Crippen LogP contribution in [-0.4, -0.2) is 23.9 Å². The van der Waals surface area contributed by atoms with Crippen LogP contribution in [0.25, 0.3) is 0 Å². The molecule has 4 N–H and O–H groups in total. The van der Waals surface area contributed by atoms with Gasteiger partial charge in [0.2, 0.25) is 11.8 Å². The largest absolute Gasteiger partial charge is 0.378 e. The Labute approximate surface area is 178 Å². The molecular formula is C24H32N4O2. The van der Waals surface area contributed by atoms with E-state index in [-0.39, 0.29) is 29.8 Å². The number of nitrogens with zero attached hydrogens (tertiary/aromatic N) is 1. The monoisotopic (exact) mass is 408 g/mol. The summed E-state index contributed by atoms with van der Waals surface area (Å²) in [5.41, 5.74) is 9.69. The number of carbonyl (C=O) groups is 2. The van der Waals surface area contributed by atoms with Crippen LogP contribution in [0.5, 0.6) is 0 Å². The molecule has 0 aromatic heterocycles. The van der Waals surface area contributed by atoms with E-state index >= 15 is 0 Å². The maximum atomic E-state index is 12.5. The molecule has 2 aromatic carbocycles. The van der Waals surface area contributed by atoms with Gasteiger partial charge < -0.3 is 21.3 Å². The average Bonchev–Trinajstić information content (AvgIpc) is 2.74. The molecule has 0 saturated heterocycles. The van der Waals surface area contributed by atoms with Crippen LogP contribution in [0.4, 0.5) is 17.1 Å². The summed E-state index contributed by atoms with van der Waals surface area (Å²) >= 11 is 0. The van der Waals surface area contributed by atoms with Crippen molar-refractivity contribution in [2.45, 2.75) is 58.7 Å². The Kier molecular flexibility index (Phi) is 6.77. The van der Waals surface area contributed by atoms with Gasteiger partial charge in [-0.05, 0) is 55.2 Å². The first-order valence-electron chi connectivity index (χ1n) is 10.7. The maximum absolute atomic E-state index is 12.5. The SMILES string of the molecule is CCC(=O)N1c2ccccc2[C@H](Nc2ccc(NC(=O)[C@@H](N)C(C)C)cc2)C[C@@H]1C. The van der Waals surface area contributed by atoms with Crippen molar-refractivity contribution in [1.29, 1.82) is 0 Å². The molecule has 2 amide bonds. The second kappa shape index (κ2) is 9.30. The quantitative estimate of drug-likeness (QED) is 0.665. The zero-order chi connectivity index (χ0) is 21.8. The summed E-state index contributed by atoms with van der Waals surface area (Å²) in [5.74, 6) is 0.0491. The smallest absolute Gasteiger partial charge is 0.241 e. The maximum Gasteiger partial charge on any atom is 0.241 e. The summed E-state index contributed by atoms with van der Waals surface area (Å²) in [7, 11) is 0. The van der Waals surface area contributed by atoms with Gasteiger partial charge in [-0.1, -0.05) is 39.0 Å². The summed E-state index contributed by atoms with van der Waals surface area (Å²) in [5, 5.41) is 6.46. The van der Waals surface area contributed by atoms with Gasteiger partial charge in [-0.25, -0.2) is 0 Å². The molecular weight excluding hydrogens is 376 g/mol. The van der Waals surface area contributed by atoms with E-state index in [0.29, 0.717) is 6.42 Å². The first-order chi connectivity index (χ1) is 14.3. The highest BCUT2D eigenvalue weighted by molar-refractivity contribution is 5.96. The molecule has 1 aliphatic rings. The van der Waals surface area contributed by atoms with Crippen molar-refractivity contribution in [3.05, 3.63) is 54.1 Å². The van der Waals surface area contributed by atoms with Crippen LogP contribution in [-0.2, 0) is 9.59 Å². The Hall–Kier alpha value is -2.86. The van der Waals surface area contributed by atoms with Crippen molar-refractivity contribution in [3.63, 3.8) is 0 Å². The molecule has 2 aromatic rings. The van der Waals surface area contributed by atoms with Gasteiger partial charge in [0.25, 0.3) is 0 Å². The van der Waals surface area contributed by atoms with Gasteiger partial charge in [-0.15, -0.1) is 0 Å². The minimum Gasteiger partial charge on any atom is -0.378 e. The Morgan fingerprint density at radius 2 is 1.73 bits per heavy atom. The van der Waals surface area contributed by atoms with Gasteiger partial charge in [0.05, 0.1) is 12.1 Å². The number of para-hydroxylation sites is 1. The van der Waals surface area contributed by atoms with Gasteiger partial charge in [-0.2, -0.15) is 0 Å². The predicted octanol–water partition coefficient (Wildman–Crippen LogP) is 4.30. The second-order valence-electron chi connectivity index (χ2n) is 8.29. The number of rotatable bonds is 6. The van der Waals surface area contributed by atoms with Gasteiger partial charge in [0, 0.05) is 29.5 Å². The van der Waals surface area contributed by atoms with Crippen molar-refractivity contribution < 1.29 is 9.59 Å². The lowest BCUT2D eigenvalue weighted by Gasteiger charge is -2.40. The van der Waals surface area contributed by atoms with E-state index in [2.05, 4.69) is 23.6 Å². The molecule has 0 spiro atoms. The molecule has 30 heavy (non-hydrogen) atoms. The van der Waals surface area contributed by atoms with E-state index in [1.54, 1.807) is 0 Å². The molecule has 6 heteroatoms. The zero-order valence-electron chi connectivity index (χ0n) is 18.2. The summed E-state index contributed by atoms with van der Waals surface area (Å²) in [4.78, 5) is 26.6. The van der Waals surface area contributed by atoms with Crippen LogP contribution in [0.2, 0.25) is 0 Å². The van der Waals surface area contributed by atoms with Gasteiger partial charge in [-0.3, -0.25) is 9.59 Å². The Morgan fingerprint density at radius 3 is 2.37 bits per heavy atom. The van der Waals surface area contributed by atoms with E-state index in [1.807, 2.05) is 68.1 Å². The van der Waals surface area contributed by atoms with Crippen LogP contribution in [0.1, 0.15) is 52.1 Å². The topological polar surface area (TPSA) is 87.5 Å². The number of amides is 2. The minimum absolute atomic E-state index is 0.0819. The lowest BCUT2D eigenvalue weighted by atomic mass is 9.91. The number of carbonyl (C=O) groups excluding carboxylic acids is 2. The summed E-state index contributed by atoms with van der Waals surface area (Å²) in [6, 6.07) is 15.4. The molecule has 0 radical (unpaired) electrons. The van der Waals surface area contributed by atoms with Gasteiger partial charge >= 0.3 is 0 Å². The molecule has 3 rings (SSSR count). The van der Waals surface area contributed by atoms with E-state index in [1.165, 1.54) is 0 Å². The molecule has 0 fully saturated rings. The molecule has 0 saturated carbocycles. The van der Waals surface area contributed by atoms with Gasteiger partial charge in [0.1, 0.15) is 0 Å². The van der Waals surface area contributed by atoms with E-state index in [9.17, 15) is 9.59 Å². The standard InChI is InChI=1S/C24H32N4O2/c1-5-22(29)28-16(4)14-20(19-8-6-7-9-21(19)28)26-17-10-12-18(13-11-17)27-24(30)23(25)15(2)3/h6-13,15-16,20,23,26H,5,14,25H2,1-4H3,(H,27,30)/t16-,20+,23-/m0/s1. The van der Waals surface area contributed by atoms with Gasteiger partial charge in [0.15, 0.2) is 0 Å². The molecule has 0 unspecified atom stereocenters. The average molecular weight is 409 g/mol. The molecule has 0 bridgehead atoms. The Balaban J connectivity index is 1.75. The number of benzene rings is 2. The zero-order valence-corrected chi connectivity index (χ0v) is 18.2. The van der Waals surface area contributed by atoms with Crippen LogP contribution in [0.3, 0.4) is 0 Å². The fourth-order valence-electron chi connectivity index (χ4n) is 3.88. The Morgan fingerprint density at radius 1 is 1.10 bits per heavy atom. The van der Waals surface area contributed by atoms with Crippen molar-refractivity contribution in [2.75, 3.05) is 15.5 Å². The molecule has 1 heterocycles. The highest BCUT2D eigenvalue weighted by Gasteiger charge is 2.32. The number of fused-ring (bicyclic) bond motifs is 1.